The van der Waals surface area contributed by atoms with E-state index < -0.39 is 22.9 Å². The molecule has 0 amide bonds. The third-order valence-electron chi connectivity index (χ3n) is 14.4. The Morgan fingerprint density at radius 2 is 1.54 bits per heavy atom. The van der Waals surface area contributed by atoms with E-state index in [0.29, 0.717) is 23.7 Å². The van der Waals surface area contributed by atoms with Crippen molar-refractivity contribution in [2.45, 2.75) is 111 Å². The van der Waals surface area contributed by atoms with Gasteiger partial charge in [0.2, 0.25) is 0 Å². The number of carbonyl (C=O) groups is 1. The highest BCUT2D eigenvalue weighted by Crippen LogP contribution is 2.78. The van der Waals surface area contributed by atoms with Crippen molar-refractivity contribution >= 4 is 5.97 Å². The van der Waals surface area contributed by atoms with Gasteiger partial charge in [-0.1, -0.05) is 27.7 Å². The van der Waals surface area contributed by atoms with E-state index in [1.165, 1.54) is 0 Å². The Morgan fingerprint density at radius 3 is 2.17 bits per heavy atom. The predicted octanol–water partition coefficient (Wildman–Crippen LogP) is 5.27. The maximum Gasteiger partial charge on any atom is 0.309 e. The molecule has 0 aromatic heterocycles. The minimum Gasteiger partial charge on any atom is -0.481 e. The van der Waals surface area contributed by atoms with Crippen LogP contribution in [0.2, 0.25) is 0 Å². The van der Waals surface area contributed by atoms with Crippen LogP contribution in [0.1, 0.15) is 98.8 Å². The van der Waals surface area contributed by atoms with Crippen LogP contribution in [-0.2, 0) is 9.53 Å². The molecule has 0 bridgehead atoms. The molecule has 0 aromatic carbocycles. The number of carboxylic acids is 1. The molecule has 5 nitrogen and oxygen atoms in total. The first kappa shape index (κ1) is 24.7. The molecule has 0 aromatic rings. The van der Waals surface area contributed by atoms with Gasteiger partial charge in [0.15, 0.2) is 0 Å². The van der Waals surface area contributed by atoms with E-state index in [1.54, 1.807) is 0 Å². The fraction of sp³-hybridized carbons (Fsp3) is 0.967. The zero-order valence-corrected chi connectivity index (χ0v) is 22.6. The normalized spacial score (nSPS) is 61.2. The van der Waals surface area contributed by atoms with Crippen LogP contribution in [0.3, 0.4) is 0 Å². The van der Waals surface area contributed by atoms with Gasteiger partial charge in [-0.25, -0.2) is 0 Å². The smallest absolute Gasteiger partial charge is 0.309 e. The van der Waals surface area contributed by atoms with E-state index >= 15 is 0 Å². The summed E-state index contributed by atoms with van der Waals surface area (Å²) in [6.07, 6.45) is 9.46. The Balaban J connectivity index is 1.40. The SMILES string of the molecule is CC1([C@@H]2CC[C@]3(C(=O)O)CC[C@]4(C)[C@H](CC[C@@H]5[C@@]6(C)CCC(O)C(C)(CO)[C@@H]6CC[C@]54C)[C@@H]23)CO1. The number of fused-ring (bicyclic) bond motifs is 7. The summed E-state index contributed by atoms with van der Waals surface area (Å²) in [5.74, 6) is 1.34. The minimum absolute atomic E-state index is 0.0568. The van der Waals surface area contributed by atoms with Crippen molar-refractivity contribution < 1.29 is 24.9 Å². The van der Waals surface area contributed by atoms with Crippen LogP contribution < -0.4 is 0 Å². The van der Waals surface area contributed by atoms with Crippen LogP contribution in [0.4, 0.5) is 0 Å². The fourth-order valence-corrected chi connectivity index (χ4v) is 12.0. The number of aliphatic carboxylic acids is 1. The zero-order chi connectivity index (χ0) is 25.2. The van der Waals surface area contributed by atoms with Gasteiger partial charge in [0.25, 0.3) is 0 Å². The number of aliphatic hydroxyl groups is 2. The molecule has 5 heteroatoms. The summed E-state index contributed by atoms with van der Waals surface area (Å²) in [5.41, 5.74) is -0.732. The quantitative estimate of drug-likeness (QED) is 0.471. The first-order valence-corrected chi connectivity index (χ1v) is 14.5. The summed E-state index contributed by atoms with van der Waals surface area (Å²) in [4.78, 5) is 12.9. The lowest BCUT2D eigenvalue weighted by Gasteiger charge is -2.72. The monoisotopic (exact) mass is 488 g/mol. The molecule has 1 saturated heterocycles. The Kier molecular flexibility index (Phi) is 5.12. The third kappa shape index (κ3) is 2.79. The number of carboxylic acid groups (broad SMARTS) is 1. The Bertz CT molecular complexity index is 914. The summed E-state index contributed by atoms with van der Waals surface area (Å²) in [6.45, 7) is 12.8. The van der Waals surface area contributed by atoms with Crippen molar-refractivity contribution in [1.29, 1.82) is 0 Å². The van der Waals surface area contributed by atoms with Gasteiger partial charge in [-0.3, -0.25) is 4.79 Å². The number of aliphatic hydroxyl groups excluding tert-OH is 2. The summed E-state index contributed by atoms with van der Waals surface area (Å²) in [5, 5.41) is 32.0. The number of hydrogen-bond donors (Lipinski definition) is 3. The van der Waals surface area contributed by atoms with Crippen LogP contribution >= 0.6 is 0 Å². The third-order valence-corrected chi connectivity index (χ3v) is 14.4. The van der Waals surface area contributed by atoms with Crippen LogP contribution in [0.25, 0.3) is 0 Å². The van der Waals surface area contributed by atoms with Crippen molar-refractivity contribution in [3.05, 3.63) is 0 Å². The molecule has 1 heterocycles. The van der Waals surface area contributed by atoms with Crippen molar-refractivity contribution in [2.24, 2.45) is 56.7 Å². The zero-order valence-electron chi connectivity index (χ0n) is 22.6. The van der Waals surface area contributed by atoms with E-state index in [2.05, 4.69) is 34.6 Å². The maximum absolute atomic E-state index is 12.9. The molecule has 0 radical (unpaired) electrons. The van der Waals surface area contributed by atoms with Gasteiger partial charge in [0, 0.05) is 5.41 Å². The molecule has 12 atom stereocenters. The molecule has 5 aliphatic carbocycles. The highest BCUT2D eigenvalue weighted by molar-refractivity contribution is 5.76. The highest BCUT2D eigenvalue weighted by atomic mass is 16.6. The molecular weight excluding hydrogens is 440 g/mol. The standard InChI is InChI=1S/C30H48O5/c1-25-11-10-22(32)26(2,16-31)20(25)9-12-28(4)21(25)7-6-18-23-19(29(5)17-35-29)8-13-30(23,24(33)34)15-14-27(18,28)3/h18-23,31-32H,6-17H2,1-5H3,(H,33,34)/t18-,19-,20-,21-,22?,23+,25+,26?,27-,28-,29?,30+/m1/s1. The largest absolute Gasteiger partial charge is 0.481 e. The Morgan fingerprint density at radius 1 is 0.829 bits per heavy atom. The van der Waals surface area contributed by atoms with E-state index in [1.807, 2.05) is 0 Å². The van der Waals surface area contributed by atoms with Crippen molar-refractivity contribution in [2.75, 3.05) is 13.2 Å². The first-order chi connectivity index (χ1) is 16.3. The second-order valence-electron chi connectivity index (χ2n) is 15.1. The van der Waals surface area contributed by atoms with E-state index in [-0.39, 0.29) is 34.4 Å². The minimum atomic E-state index is -0.571. The summed E-state index contributed by atoms with van der Waals surface area (Å²) >= 11 is 0. The van der Waals surface area contributed by atoms with Crippen LogP contribution in [0.15, 0.2) is 0 Å². The molecule has 1 aliphatic heterocycles. The lowest BCUT2D eigenvalue weighted by atomic mass is 9.32. The fourth-order valence-electron chi connectivity index (χ4n) is 12.0. The van der Waals surface area contributed by atoms with Gasteiger partial charge in [-0.2, -0.15) is 0 Å². The maximum atomic E-state index is 12.9. The molecule has 6 fully saturated rings. The molecule has 6 rings (SSSR count). The van der Waals surface area contributed by atoms with Gasteiger partial charge in [0.05, 0.1) is 30.3 Å². The Hall–Kier alpha value is -0.650. The molecular formula is C30H48O5. The van der Waals surface area contributed by atoms with Crippen LogP contribution in [-0.4, -0.2) is 46.2 Å². The highest BCUT2D eigenvalue weighted by Gasteiger charge is 2.74. The molecule has 0 spiro atoms. The van der Waals surface area contributed by atoms with E-state index in [9.17, 15) is 20.1 Å². The summed E-state index contributed by atoms with van der Waals surface area (Å²) in [6, 6.07) is 0. The molecule has 6 aliphatic rings. The Labute approximate surface area is 211 Å². The number of epoxide rings is 1. The summed E-state index contributed by atoms with van der Waals surface area (Å²) < 4.78 is 5.99. The molecule has 35 heavy (non-hydrogen) atoms. The van der Waals surface area contributed by atoms with Gasteiger partial charge < -0.3 is 20.1 Å². The molecule has 5 saturated carbocycles. The van der Waals surface area contributed by atoms with Gasteiger partial charge in [-0.05, 0) is 117 Å². The number of hydrogen-bond acceptors (Lipinski definition) is 4. The van der Waals surface area contributed by atoms with Crippen molar-refractivity contribution in [1.82, 2.24) is 0 Å². The average Bonchev–Trinajstić information content (AvgIpc) is 3.42. The topological polar surface area (TPSA) is 90.3 Å². The van der Waals surface area contributed by atoms with Crippen LogP contribution in [0, 0.1) is 56.7 Å². The van der Waals surface area contributed by atoms with Crippen LogP contribution in [0.5, 0.6) is 0 Å². The van der Waals surface area contributed by atoms with Gasteiger partial charge >= 0.3 is 5.97 Å². The van der Waals surface area contributed by atoms with Crippen molar-refractivity contribution in [3.63, 3.8) is 0 Å². The second kappa shape index (κ2) is 7.26. The lowest BCUT2D eigenvalue weighted by molar-refractivity contribution is -0.255. The van der Waals surface area contributed by atoms with Gasteiger partial charge in [-0.15, -0.1) is 0 Å². The van der Waals surface area contributed by atoms with Gasteiger partial charge in [0.1, 0.15) is 0 Å². The molecule has 198 valence electrons. The first-order valence-electron chi connectivity index (χ1n) is 14.5. The lowest BCUT2D eigenvalue weighted by Crippen LogP contribution is -2.68. The van der Waals surface area contributed by atoms with Crippen molar-refractivity contribution in [3.8, 4) is 0 Å². The second-order valence-corrected chi connectivity index (χ2v) is 15.1. The molecule has 3 N–H and O–H groups in total. The predicted molar refractivity (Wildman–Crippen MR) is 134 cm³/mol. The average molecular weight is 489 g/mol. The summed E-state index contributed by atoms with van der Waals surface area (Å²) in [7, 11) is 0. The number of rotatable bonds is 3. The number of ether oxygens (including phenoxy) is 1. The molecule has 3 unspecified atom stereocenters. The van der Waals surface area contributed by atoms with E-state index in [4.69, 9.17) is 4.74 Å². The van der Waals surface area contributed by atoms with E-state index in [0.717, 1.165) is 70.8 Å².